The van der Waals surface area contributed by atoms with Crippen molar-refractivity contribution in [2.45, 2.75) is 0 Å². The first-order chi connectivity index (χ1) is 13.0. The number of hydrazine groups is 1. The Morgan fingerprint density at radius 1 is 0.926 bits per heavy atom. The maximum atomic E-state index is 12.0. The van der Waals surface area contributed by atoms with Crippen molar-refractivity contribution in [1.29, 1.82) is 0 Å². The first-order valence-corrected chi connectivity index (χ1v) is 8.18. The number of rotatable bonds is 3. The van der Waals surface area contributed by atoms with Crippen LogP contribution in [0.25, 0.3) is 5.69 Å². The molecule has 8 nitrogen and oxygen atoms in total. The van der Waals surface area contributed by atoms with Crippen LogP contribution < -0.4 is 16.2 Å². The third kappa shape index (κ3) is 4.50. The third-order valence-electron chi connectivity index (χ3n) is 3.49. The maximum Gasteiger partial charge on any atom is 0.328 e. The number of hydrogen-bond acceptors (Lipinski definition) is 4. The van der Waals surface area contributed by atoms with Gasteiger partial charge < -0.3 is 5.32 Å². The van der Waals surface area contributed by atoms with Crippen molar-refractivity contribution in [3.8, 4) is 5.69 Å². The molecule has 3 amide bonds. The van der Waals surface area contributed by atoms with Crippen LogP contribution in [-0.4, -0.2) is 27.5 Å². The fourth-order valence-electron chi connectivity index (χ4n) is 2.20. The van der Waals surface area contributed by atoms with Crippen LogP contribution in [0.3, 0.4) is 0 Å². The van der Waals surface area contributed by atoms with Crippen molar-refractivity contribution in [3.63, 3.8) is 0 Å². The average Bonchev–Trinajstić information content (AvgIpc) is 3.21. The molecule has 0 unspecified atom stereocenters. The van der Waals surface area contributed by atoms with E-state index in [-0.39, 0.29) is 0 Å². The van der Waals surface area contributed by atoms with Gasteiger partial charge in [0, 0.05) is 23.6 Å². The summed E-state index contributed by atoms with van der Waals surface area (Å²) in [6, 6.07) is 14.7. The lowest BCUT2D eigenvalue weighted by Gasteiger charge is -2.10. The van der Waals surface area contributed by atoms with E-state index >= 15 is 0 Å². The summed E-state index contributed by atoms with van der Waals surface area (Å²) in [4.78, 5) is 35.6. The largest absolute Gasteiger partial charge is 0.328 e. The zero-order valence-corrected chi connectivity index (χ0v) is 14.6. The van der Waals surface area contributed by atoms with Gasteiger partial charge in [-0.25, -0.2) is 4.68 Å². The SMILES string of the molecule is O=C(NNC(=O)c1ccccc1)C(=O)Nc1ccc(-n2cccn2)c(Cl)c1. The molecule has 3 aromatic rings. The maximum absolute atomic E-state index is 12.0. The molecule has 0 spiro atoms. The van der Waals surface area contributed by atoms with Crippen molar-refractivity contribution in [3.05, 3.63) is 77.6 Å². The molecule has 0 saturated carbocycles. The topological polar surface area (TPSA) is 105 Å². The molecule has 0 fully saturated rings. The van der Waals surface area contributed by atoms with E-state index in [0.717, 1.165) is 0 Å². The fraction of sp³-hybridized carbons (Fsp3) is 0. The zero-order chi connectivity index (χ0) is 19.2. The number of amides is 3. The standard InChI is InChI=1S/C18H14ClN5O3/c19-14-11-13(7-8-15(14)24-10-4-9-20-24)21-17(26)18(27)23-22-16(25)12-5-2-1-3-6-12/h1-11H,(H,21,26)(H,22,25)(H,23,27). The summed E-state index contributed by atoms with van der Waals surface area (Å²) in [5.74, 6) is -2.51. The van der Waals surface area contributed by atoms with Gasteiger partial charge in [-0.2, -0.15) is 5.10 Å². The van der Waals surface area contributed by atoms with Crippen LogP contribution in [0.4, 0.5) is 5.69 Å². The summed E-state index contributed by atoms with van der Waals surface area (Å²) in [6.45, 7) is 0. The smallest absolute Gasteiger partial charge is 0.318 e. The Hall–Kier alpha value is -3.65. The Labute approximate surface area is 159 Å². The lowest BCUT2D eigenvalue weighted by atomic mass is 10.2. The van der Waals surface area contributed by atoms with E-state index in [1.165, 1.54) is 6.07 Å². The van der Waals surface area contributed by atoms with Gasteiger partial charge in [-0.1, -0.05) is 29.8 Å². The van der Waals surface area contributed by atoms with Crippen LogP contribution in [0.5, 0.6) is 0 Å². The molecule has 0 aliphatic carbocycles. The Kier molecular flexibility index (Phi) is 5.48. The summed E-state index contributed by atoms with van der Waals surface area (Å²) in [5, 5.41) is 6.82. The molecule has 27 heavy (non-hydrogen) atoms. The number of halogens is 1. The highest BCUT2D eigenvalue weighted by molar-refractivity contribution is 6.40. The Balaban J connectivity index is 1.57. The molecule has 1 heterocycles. The molecule has 3 rings (SSSR count). The van der Waals surface area contributed by atoms with Crippen molar-refractivity contribution < 1.29 is 14.4 Å². The van der Waals surface area contributed by atoms with Crippen molar-refractivity contribution in [2.75, 3.05) is 5.32 Å². The highest BCUT2D eigenvalue weighted by atomic mass is 35.5. The summed E-state index contributed by atoms with van der Waals surface area (Å²) >= 11 is 6.18. The number of nitrogens with one attached hydrogen (secondary N) is 3. The van der Waals surface area contributed by atoms with Gasteiger partial charge >= 0.3 is 11.8 Å². The Morgan fingerprint density at radius 3 is 2.37 bits per heavy atom. The lowest BCUT2D eigenvalue weighted by Crippen LogP contribution is -2.46. The molecule has 136 valence electrons. The molecule has 0 bridgehead atoms. The lowest BCUT2D eigenvalue weighted by molar-refractivity contribution is -0.136. The highest BCUT2D eigenvalue weighted by Gasteiger charge is 2.16. The Morgan fingerprint density at radius 2 is 1.70 bits per heavy atom. The van der Waals surface area contributed by atoms with Crippen LogP contribution in [0.2, 0.25) is 5.02 Å². The van der Waals surface area contributed by atoms with Gasteiger partial charge in [0.05, 0.1) is 10.7 Å². The van der Waals surface area contributed by atoms with Gasteiger partial charge in [0.15, 0.2) is 0 Å². The number of carbonyl (C=O) groups excluding carboxylic acids is 3. The molecule has 0 aliphatic rings. The van der Waals surface area contributed by atoms with Gasteiger partial charge in [-0.15, -0.1) is 0 Å². The van der Waals surface area contributed by atoms with Crippen LogP contribution >= 0.6 is 11.6 Å². The van der Waals surface area contributed by atoms with Crippen molar-refractivity contribution in [2.24, 2.45) is 0 Å². The average molecular weight is 384 g/mol. The van der Waals surface area contributed by atoms with Crippen LogP contribution in [0, 0.1) is 0 Å². The molecule has 0 aliphatic heterocycles. The molecular weight excluding hydrogens is 370 g/mol. The number of benzene rings is 2. The summed E-state index contributed by atoms with van der Waals surface area (Å²) < 4.78 is 1.57. The molecule has 3 N–H and O–H groups in total. The van der Waals surface area contributed by atoms with Crippen LogP contribution in [0.1, 0.15) is 10.4 Å². The molecule has 0 saturated heterocycles. The third-order valence-corrected chi connectivity index (χ3v) is 3.79. The quantitative estimate of drug-likeness (QED) is 0.474. The van der Waals surface area contributed by atoms with Crippen LogP contribution in [-0.2, 0) is 9.59 Å². The number of nitrogens with zero attached hydrogens (tertiary/aromatic N) is 2. The van der Waals surface area contributed by atoms with E-state index in [4.69, 9.17) is 11.6 Å². The van der Waals surface area contributed by atoms with Gasteiger partial charge in [-0.05, 0) is 36.4 Å². The minimum absolute atomic E-state index is 0.324. The van der Waals surface area contributed by atoms with Gasteiger partial charge in [-0.3, -0.25) is 25.2 Å². The second kappa shape index (κ2) is 8.15. The van der Waals surface area contributed by atoms with Gasteiger partial charge in [0.2, 0.25) is 0 Å². The number of carbonyl (C=O) groups is 3. The molecule has 2 aromatic carbocycles. The second-order valence-corrected chi connectivity index (χ2v) is 5.75. The van der Waals surface area contributed by atoms with Gasteiger partial charge in [0.25, 0.3) is 5.91 Å². The van der Waals surface area contributed by atoms with E-state index in [0.29, 0.717) is 22.0 Å². The van der Waals surface area contributed by atoms with Gasteiger partial charge in [0.1, 0.15) is 0 Å². The summed E-state index contributed by atoms with van der Waals surface area (Å²) in [5.41, 5.74) is 5.51. The Bertz CT molecular complexity index is 974. The highest BCUT2D eigenvalue weighted by Crippen LogP contribution is 2.23. The minimum atomic E-state index is -1.02. The molecule has 1 aromatic heterocycles. The van der Waals surface area contributed by atoms with Crippen molar-refractivity contribution >= 4 is 35.0 Å². The molecule has 0 radical (unpaired) electrons. The van der Waals surface area contributed by atoms with E-state index < -0.39 is 17.7 Å². The molecule has 0 atom stereocenters. The minimum Gasteiger partial charge on any atom is -0.318 e. The number of hydrogen-bond donors (Lipinski definition) is 3. The summed E-state index contributed by atoms with van der Waals surface area (Å²) in [6.07, 6.45) is 3.34. The predicted molar refractivity (Wildman–Crippen MR) is 99.3 cm³/mol. The zero-order valence-electron chi connectivity index (χ0n) is 13.8. The normalized spacial score (nSPS) is 10.1. The molecule has 9 heteroatoms. The molecular formula is C18H14ClN5O3. The van der Waals surface area contributed by atoms with Crippen LogP contribution in [0.15, 0.2) is 67.0 Å². The fourth-order valence-corrected chi connectivity index (χ4v) is 2.47. The van der Waals surface area contributed by atoms with E-state index in [1.807, 2.05) is 0 Å². The second-order valence-electron chi connectivity index (χ2n) is 5.35. The van der Waals surface area contributed by atoms with E-state index in [2.05, 4.69) is 21.3 Å². The number of aromatic nitrogens is 2. The predicted octanol–water partition coefficient (Wildman–Crippen LogP) is 1.93. The first kappa shape index (κ1) is 18.2. The summed E-state index contributed by atoms with van der Waals surface area (Å²) in [7, 11) is 0. The monoisotopic (exact) mass is 383 g/mol. The van der Waals surface area contributed by atoms with Crippen molar-refractivity contribution in [1.82, 2.24) is 20.6 Å². The first-order valence-electron chi connectivity index (χ1n) is 7.81. The number of anilines is 1. The van der Waals surface area contributed by atoms with E-state index in [9.17, 15) is 14.4 Å². The van der Waals surface area contributed by atoms with E-state index in [1.54, 1.807) is 65.6 Å².